The number of nitro benzene ring substituents is 1. The van der Waals surface area contributed by atoms with Crippen LogP contribution in [0.5, 0.6) is 5.75 Å². The fourth-order valence-corrected chi connectivity index (χ4v) is 2.93. The number of hydrogen-bond acceptors (Lipinski definition) is 6. The van der Waals surface area contributed by atoms with Crippen molar-refractivity contribution in [3.8, 4) is 5.75 Å². The van der Waals surface area contributed by atoms with Gasteiger partial charge in [-0.2, -0.15) is 0 Å². The molecule has 0 unspecified atom stereocenters. The lowest BCUT2D eigenvalue weighted by molar-refractivity contribution is -0.384. The van der Waals surface area contributed by atoms with Gasteiger partial charge in [-0.15, -0.1) is 0 Å². The third kappa shape index (κ3) is 4.02. The topological polar surface area (TPSA) is 89.8 Å². The minimum Gasteiger partial charge on any atom is -0.497 e. The molecule has 8 heteroatoms. The van der Waals surface area contributed by atoms with Gasteiger partial charge in [0.25, 0.3) is 5.69 Å². The third-order valence-electron chi connectivity index (χ3n) is 3.56. The van der Waals surface area contributed by atoms with E-state index in [4.69, 9.17) is 4.74 Å². The van der Waals surface area contributed by atoms with E-state index in [9.17, 15) is 18.5 Å². The molecule has 0 aromatic heterocycles. The molecule has 128 valence electrons. The molecule has 0 amide bonds. The van der Waals surface area contributed by atoms with Crippen molar-refractivity contribution in [3.05, 3.63) is 58.1 Å². The van der Waals surface area contributed by atoms with Crippen molar-refractivity contribution in [2.24, 2.45) is 0 Å². The Balaban J connectivity index is 2.33. The molecule has 7 nitrogen and oxygen atoms in total. The van der Waals surface area contributed by atoms with Gasteiger partial charge < -0.3 is 9.64 Å². The number of benzene rings is 2. The summed E-state index contributed by atoms with van der Waals surface area (Å²) in [6.45, 7) is 0.434. The molecule has 24 heavy (non-hydrogen) atoms. The fraction of sp³-hybridized carbons (Fsp3) is 0.250. The van der Waals surface area contributed by atoms with E-state index in [0.717, 1.165) is 23.6 Å². The molecule has 0 fully saturated rings. The minimum atomic E-state index is -3.50. The van der Waals surface area contributed by atoms with Gasteiger partial charge in [0.05, 0.1) is 16.9 Å². The van der Waals surface area contributed by atoms with E-state index in [1.807, 2.05) is 24.3 Å². The largest absolute Gasteiger partial charge is 0.497 e. The molecule has 0 bridgehead atoms. The standard InChI is InChI=1S/C16H18N2O5S/c1-17(11-12-4-6-13(23-2)7-5-12)15-9-8-14(24(3,21)22)10-16(15)18(19)20/h4-10H,11H2,1-3H3. The van der Waals surface area contributed by atoms with E-state index < -0.39 is 14.8 Å². The van der Waals surface area contributed by atoms with Crippen LogP contribution >= 0.6 is 0 Å². The second kappa shape index (κ2) is 6.88. The first-order valence-electron chi connectivity index (χ1n) is 7.05. The Morgan fingerprint density at radius 1 is 1.17 bits per heavy atom. The quantitative estimate of drug-likeness (QED) is 0.588. The van der Waals surface area contributed by atoms with Crippen LogP contribution in [0.1, 0.15) is 5.56 Å². The highest BCUT2D eigenvalue weighted by Crippen LogP contribution is 2.31. The average Bonchev–Trinajstić information content (AvgIpc) is 2.54. The molecule has 0 aliphatic rings. The van der Waals surface area contributed by atoms with Gasteiger partial charge in [0.15, 0.2) is 9.84 Å². The zero-order valence-electron chi connectivity index (χ0n) is 13.6. The summed E-state index contributed by atoms with van der Waals surface area (Å²) in [5.41, 5.74) is 1.05. The second-order valence-corrected chi connectivity index (χ2v) is 7.40. The highest BCUT2D eigenvalue weighted by Gasteiger charge is 2.21. The molecule has 0 saturated heterocycles. The number of nitro groups is 1. The maximum atomic E-state index is 11.6. The van der Waals surface area contributed by atoms with E-state index in [1.54, 1.807) is 19.1 Å². The number of hydrogen-bond donors (Lipinski definition) is 0. The zero-order chi connectivity index (χ0) is 17.9. The molecule has 2 aromatic carbocycles. The van der Waals surface area contributed by atoms with Gasteiger partial charge in [-0.1, -0.05) is 12.1 Å². The number of anilines is 1. The van der Waals surface area contributed by atoms with E-state index in [0.29, 0.717) is 12.2 Å². The van der Waals surface area contributed by atoms with Gasteiger partial charge in [0.2, 0.25) is 0 Å². The number of rotatable bonds is 6. The predicted molar refractivity (Wildman–Crippen MR) is 91.3 cm³/mol. The van der Waals surface area contributed by atoms with Crippen molar-refractivity contribution in [3.63, 3.8) is 0 Å². The van der Waals surface area contributed by atoms with Crippen molar-refractivity contribution < 1.29 is 18.1 Å². The highest BCUT2D eigenvalue weighted by molar-refractivity contribution is 7.90. The summed E-state index contributed by atoms with van der Waals surface area (Å²) < 4.78 is 28.3. The van der Waals surface area contributed by atoms with Gasteiger partial charge in [-0.25, -0.2) is 8.42 Å². The van der Waals surface area contributed by atoms with Crippen molar-refractivity contribution in [1.29, 1.82) is 0 Å². The molecule has 2 rings (SSSR count). The van der Waals surface area contributed by atoms with E-state index in [-0.39, 0.29) is 10.6 Å². The van der Waals surface area contributed by atoms with Crippen molar-refractivity contribution in [2.75, 3.05) is 25.3 Å². The smallest absolute Gasteiger partial charge is 0.293 e. The highest BCUT2D eigenvalue weighted by atomic mass is 32.2. The van der Waals surface area contributed by atoms with Gasteiger partial charge >= 0.3 is 0 Å². The molecule has 0 atom stereocenters. The van der Waals surface area contributed by atoms with Crippen molar-refractivity contribution >= 4 is 21.2 Å². The number of nitrogens with zero attached hydrogens (tertiary/aromatic N) is 2. The second-order valence-electron chi connectivity index (χ2n) is 5.38. The third-order valence-corrected chi connectivity index (χ3v) is 4.67. The molecule has 0 heterocycles. The van der Waals surface area contributed by atoms with Crippen LogP contribution < -0.4 is 9.64 Å². The zero-order valence-corrected chi connectivity index (χ0v) is 14.4. The normalized spacial score (nSPS) is 11.1. The van der Waals surface area contributed by atoms with E-state index in [2.05, 4.69) is 0 Å². The first-order chi connectivity index (χ1) is 11.2. The molecule has 2 aromatic rings. The summed E-state index contributed by atoms with van der Waals surface area (Å²) >= 11 is 0. The van der Waals surface area contributed by atoms with Crippen LogP contribution in [0.3, 0.4) is 0 Å². The summed E-state index contributed by atoms with van der Waals surface area (Å²) in [7, 11) is -0.213. The van der Waals surface area contributed by atoms with Crippen LogP contribution in [0.15, 0.2) is 47.4 Å². The Morgan fingerprint density at radius 2 is 1.79 bits per heavy atom. The van der Waals surface area contributed by atoms with E-state index >= 15 is 0 Å². The summed E-state index contributed by atoms with van der Waals surface area (Å²) in [6.07, 6.45) is 1.02. The molecular formula is C16H18N2O5S. The van der Waals surface area contributed by atoms with Crippen LogP contribution in [0, 0.1) is 10.1 Å². The molecule has 0 spiro atoms. The molecule has 0 N–H and O–H groups in total. The monoisotopic (exact) mass is 350 g/mol. The first kappa shape index (κ1) is 17.7. The predicted octanol–water partition coefficient (Wildman–Crippen LogP) is 2.64. The Labute approximate surface area is 140 Å². The van der Waals surface area contributed by atoms with Crippen LogP contribution in [0.25, 0.3) is 0 Å². The van der Waals surface area contributed by atoms with Crippen LogP contribution in [-0.2, 0) is 16.4 Å². The molecule has 0 aliphatic heterocycles. The maximum Gasteiger partial charge on any atom is 0.293 e. The van der Waals surface area contributed by atoms with E-state index in [1.165, 1.54) is 12.1 Å². The van der Waals surface area contributed by atoms with Gasteiger partial charge in [0.1, 0.15) is 11.4 Å². The Kier molecular flexibility index (Phi) is 5.08. The molecule has 0 saturated carbocycles. The summed E-state index contributed by atoms with van der Waals surface area (Å²) in [5.74, 6) is 0.727. The lowest BCUT2D eigenvalue weighted by Gasteiger charge is -2.19. The lowest BCUT2D eigenvalue weighted by atomic mass is 10.2. The van der Waals surface area contributed by atoms with Gasteiger partial charge in [-0.05, 0) is 29.8 Å². The number of methoxy groups -OCH3 is 1. The number of ether oxygens (including phenoxy) is 1. The first-order valence-corrected chi connectivity index (χ1v) is 8.94. The van der Waals surface area contributed by atoms with Crippen molar-refractivity contribution in [2.45, 2.75) is 11.4 Å². The van der Waals surface area contributed by atoms with Gasteiger partial charge in [0, 0.05) is 25.9 Å². The molecular weight excluding hydrogens is 332 g/mol. The number of sulfone groups is 1. The summed E-state index contributed by atoms with van der Waals surface area (Å²) in [6, 6.07) is 11.3. The Bertz CT molecular complexity index is 847. The maximum absolute atomic E-state index is 11.6. The van der Waals surface area contributed by atoms with Crippen LogP contribution in [-0.4, -0.2) is 33.8 Å². The Hall–Kier alpha value is -2.61. The Morgan fingerprint density at radius 3 is 2.29 bits per heavy atom. The molecule has 0 radical (unpaired) electrons. The van der Waals surface area contributed by atoms with Crippen LogP contribution in [0.4, 0.5) is 11.4 Å². The molecule has 0 aliphatic carbocycles. The lowest BCUT2D eigenvalue weighted by Crippen LogP contribution is -2.18. The van der Waals surface area contributed by atoms with Crippen LogP contribution in [0.2, 0.25) is 0 Å². The SMILES string of the molecule is COc1ccc(CN(C)c2ccc(S(C)(=O)=O)cc2[N+](=O)[O-])cc1. The minimum absolute atomic E-state index is 0.0733. The average molecular weight is 350 g/mol. The fourth-order valence-electron chi connectivity index (χ4n) is 2.29. The van der Waals surface area contributed by atoms with Gasteiger partial charge in [-0.3, -0.25) is 10.1 Å². The summed E-state index contributed by atoms with van der Waals surface area (Å²) in [5, 5.41) is 11.3. The summed E-state index contributed by atoms with van der Waals surface area (Å²) in [4.78, 5) is 12.4. The van der Waals surface area contributed by atoms with Crippen molar-refractivity contribution in [1.82, 2.24) is 0 Å².